The van der Waals surface area contributed by atoms with Crippen LogP contribution in [0.2, 0.25) is 0 Å². The van der Waals surface area contributed by atoms with E-state index in [9.17, 15) is 0 Å². The number of aromatic nitrogens is 2. The summed E-state index contributed by atoms with van der Waals surface area (Å²) in [4.78, 5) is 2.56. The largest absolute Gasteiger partial charge is 0.306 e. The lowest BCUT2D eigenvalue weighted by Gasteiger charge is -2.24. The maximum absolute atomic E-state index is 4.33. The zero-order valence-corrected chi connectivity index (χ0v) is 11.9. The molecule has 1 aromatic heterocycles. The first-order valence-electron chi connectivity index (χ1n) is 7.19. The van der Waals surface area contributed by atoms with Crippen molar-refractivity contribution in [2.75, 3.05) is 19.6 Å². The molecule has 2 unspecified atom stereocenters. The predicted octanol–water partition coefficient (Wildman–Crippen LogP) is 2.04. The number of hydrogen-bond acceptors (Lipinski definition) is 3. The zero-order valence-electron chi connectivity index (χ0n) is 11.9. The number of nitrogens with zero attached hydrogens (tertiary/aromatic N) is 3. The Hall–Kier alpha value is -0.870. The van der Waals surface area contributed by atoms with E-state index in [2.05, 4.69) is 42.3 Å². The summed E-state index contributed by atoms with van der Waals surface area (Å²) in [5.41, 5.74) is 1.28. The van der Waals surface area contributed by atoms with E-state index >= 15 is 0 Å². The third-order valence-electron chi connectivity index (χ3n) is 3.74. The van der Waals surface area contributed by atoms with Gasteiger partial charge >= 0.3 is 0 Å². The van der Waals surface area contributed by atoms with Gasteiger partial charge in [-0.3, -0.25) is 4.68 Å². The van der Waals surface area contributed by atoms with E-state index in [1.54, 1.807) is 0 Å². The van der Waals surface area contributed by atoms with Crippen molar-refractivity contribution in [2.24, 2.45) is 0 Å². The molecule has 4 nitrogen and oxygen atoms in total. The molecule has 18 heavy (non-hydrogen) atoms. The van der Waals surface area contributed by atoms with Crippen LogP contribution in [0.5, 0.6) is 0 Å². The molecule has 1 aliphatic heterocycles. The van der Waals surface area contributed by atoms with Crippen LogP contribution in [0.25, 0.3) is 0 Å². The molecular formula is C14H26N4. The summed E-state index contributed by atoms with van der Waals surface area (Å²) in [6, 6.07) is 0.908. The van der Waals surface area contributed by atoms with Gasteiger partial charge in [-0.1, -0.05) is 0 Å². The van der Waals surface area contributed by atoms with E-state index < -0.39 is 0 Å². The second-order valence-electron chi connectivity index (χ2n) is 5.43. The fourth-order valence-electron chi connectivity index (χ4n) is 2.70. The molecule has 1 aromatic rings. The van der Waals surface area contributed by atoms with Gasteiger partial charge in [-0.05, 0) is 46.7 Å². The molecule has 2 atom stereocenters. The quantitative estimate of drug-likeness (QED) is 0.838. The summed E-state index contributed by atoms with van der Waals surface area (Å²) in [7, 11) is 0. The van der Waals surface area contributed by atoms with E-state index in [1.165, 1.54) is 31.5 Å². The van der Waals surface area contributed by atoms with Gasteiger partial charge in [-0.25, -0.2) is 0 Å². The standard InChI is InChI=1S/C14H26N4/c1-4-18-11-14(9-15-18)13(3)16-12(2)10-17-7-5-6-8-17/h9,11-13,16H,4-8,10H2,1-3H3. The summed E-state index contributed by atoms with van der Waals surface area (Å²) >= 11 is 0. The smallest absolute Gasteiger partial charge is 0.0537 e. The van der Waals surface area contributed by atoms with Crippen molar-refractivity contribution >= 4 is 0 Å². The fourth-order valence-corrected chi connectivity index (χ4v) is 2.70. The van der Waals surface area contributed by atoms with Crippen LogP contribution in [-0.4, -0.2) is 40.4 Å². The van der Waals surface area contributed by atoms with E-state index in [-0.39, 0.29) is 0 Å². The molecule has 0 spiro atoms. The van der Waals surface area contributed by atoms with Crippen molar-refractivity contribution in [1.82, 2.24) is 20.0 Å². The first kappa shape index (κ1) is 13.6. The molecule has 0 saturated carbocycles. The minimum Gasteiger partial charge on any atom is -0.306 e. The van der Waals surface area contributed by atoms with Crippen LogP contribution in [0.15, 0.2) is 12.4 Å². The molecule has 0 bridgehead atoms. The number of likely N-dealkylation sites (tertiary alicyclic amines) is 1. The Morgan fingerprint density at radius 3 is 2.67 bits per heavy atom. The van der Waals surface area contributed by atoms with E-state index in [0.29, 0.717) is 12.1 Å². The second kappa shape index (κ2) is 6.34. The number of aryl methyl sites for hydroxylation is 1. The van der Waals surface area contributed by atoms with Crippen LogP contribution in [0.1, 0.15) is 45.2 Å². The topological polar surface area (TPSA) is 33.1 Å². The first-order valence-corrected chi connectivity index (χ1v) is 7.19. The van der Waals surface area contributed by atoms with Crippen molar-refractivity contribution in [3.05, 3.63) is 18.0 Å². The lowest BCUT2D eigenvalue weighted by molar-refractivity contribution is 0.289. The lowest BCUT2D eigenvalue weighted by atomic mass is 10.1. The van der Waals surface area contributed by atoms with Crippen molar-refractivity contribution in [1.29, 1.82) is 0 Å². The third kappa shape index (κ3) is 3.56. The average molecular weight is 250 g/mol. The van der Waals surface area contributed by atoms with Crippen molar-refractivity contribution < 1.29 is 0 Å². The molecule has 1 saturated heterocycles. The highest BCUT2D eigenvalue weighted by atomic mass is 15.3. The molecule has 2 heterocycles. The highest BCUT2D eigenvalue weighted by Crippen LogP contribution is 2.13. The Kier molecular flexibility index (Phi) is 4.78. The number of nitrogens with one attached hydrogen (secondary N) is 1. The van der Waals surface area contributed by atoms with Gasteiger partial charge in [-0.2, -0.15) is 5.10 Å². The maximum atomic E-state index is 4.33. The molecule has 2 rings (SSSR count). The van der Waals surface area contributed by atoms with Crippen LogP contribution < -0.4 is 5.32 Å². The van der Waals surface area contributed by atoms with Gasteiger partial charge in [0.25, 0.3) is 0 Å². The summed E-state index contributed by atoms with van der Waals surface area (Å²) in [5.74, 6) is 0. The SMILES string of the molecule is CCn1cc(C(C)NC(C)CN2CCCC2)cn1. The van der Waals surface area contributed by atoms with Gasteiger partial charge in [0, 0.05) is 36.9 Å². The summed E-state index contributed by atoms with van der Waals surface area (Å²) in [6.45, 7) is 11.3. The Morgan fingerprint density at radius 2 is 2.06 bits per heavy atom. The molecule has 4 heteroatoms. The van der Waals surface area contributed by atoms with Gasteiger partial charge in [0.05, 0.1) is 6.20 Å². The van der Waals surface area contributed by atoms with Crippen LogP contribution in [0, 0.1) is 0 Å². The van der Waals surface area contributed by atoms with E-state index in [0.717, 1.165) is 13.1 Å². The second-order valence-corrected chi connectivity index (χ2v) is 5.43. The molecule has 102 valence electrons. The van der Waals surface area contributed by atoms with Crippen molar-refractivity contribution in [3.8, 4) is 0 Å². The van der Waals surface area contributed by atoms with Gasteiger partial charge < -0.3 is 10.2 Å². The Bertz CT molecular complexity index is 354. The van der Waals surface area contributed by atoms with Crippen LogP contribution >= 0.6 is 0 Å². The average Bonchev–Trinajstić information content (AvgIpc) is 2.98. The van der Waals surface area contributed by atoms with Crippen LogP contribution in [0.3, 0.4) is 0 Å². The molecule has 0 radical (unpaired) electrons. The first-order chi connectivity index (χ1) is 8.69. The molecule has 1 fully saturated rings. The highest BCUT2D eigenvalue weighted by Gasteiger charge is 2.16. The molecular weight excluding hydrogens is 224 g/mol. The number of hydrogen-bond donors (Lipinski definition) is 1. The Balaban J connectivity index is 1.80. The molecule has 1 aliphatic rings. The molecule has 1 N–H and O–H groups in total. The van der Waals surface area contributed by atoms with Gasteiger partial charge in [0.1, 0.15) is 0 Å². The molecule has 0 aliphatic carbocycles. The Morgan fingerprint density at radius 1 is 1.33 bits per heavy atom. The summed E-state index contributed by atoms with van der Waals surface area (Å²) in [6.07, 6.45) is 6.85. The van der Waals surface area contributed by atoms with Gasteiger partial charge in [0.2, 0.25) is 0 Å². The van der Waals surface area contributed by atoms with Gasteiger partial charge in [-0.15, -0.1) is 0 Å². The minimum absolute atomic E-state index is 0.378. The summed E-state index contributed by atoms with van der Waals surface area (Å²) < 4.78 is 1.98. The number of rotatable bonds is 6. The zero-order chi connectivity index (χ0) is 13.0. The van der Waals surface area contributed by atoms with Crippen LogP contribution in [-0.2, 0) is 6.54 Å². The summed E-state index contributed by atoms with van der Waals surface area (Å²) in [5, 5.41) is 8.00. The van der Waals surface area contributed by atoms with Crippen molar-refractivity contribution in [3.63, 3.8) is 0 Å². The molecule has 0 amide bonds. The lowest BCUT2D eigenvalue weighted by Crippen LogP contribution is -2.39. The highest BCUT2D eigenvalue weighted by molar-refractivity contribution is 5.09. The van der Waals surface area contributed by atoms with Crippen LogP contribution in [0.4, 0.5) is 0 Å². The monoisotopic (exact) mass is 250 g/mol. The van der Waals surface area contributed by atoms with Crippen molar-refractivity contribution in [2.45, 2.75) is 52.2 Å². The third-order valence-corrected chi connectivity index (χ3v) is 3.74. The minimum atomic E-state index is 0.378. The maximum Gasteiger partial charge on any atom is 0.0537 e. The van der Waals surface area contributed by atoms with E-state index in [1.807, 2.05) is 10.9 Å². The Labute approximate surface area is 110 Å². The predicted molar refractivity (Wildman–Crippen MR) is 74.6 cm³/mol. The normalized spacial score (nSPS) is 20.2. The fraction of sp³-hybridized carbons (Fsp3) is 0.786. The molecule has 0 aromatic carbocycles. The van der Waals surface area contributed by atoms with E-state index in [4.69, 9.17) is 0 Å². The van der Waals surface area contributed by atoms with Gasteiger partial charge in [0.15, 0.2) is 0 Å².